The van der Waals surface area contributed by atoms with Crippen molar-refractivity contribution in [3.8, 4) is 5.75 Å². The molecule has 1 aromatic rings. The van der Waals surface area contributed by atoms with Crippen LogP contribution in [0, 0.1) is 5.92 Å². The van der Waals surface area contributed by atoms with Gasteiger partial charge in [-0.1, -0.05) is 12.1 Å². The van der Waals surface area contributed by atoms with E-state index in [4.69, 9.17) is 14.2 Å². The summed E-state index contributed by atoms with van der Waals surface area (Å²) in [5.41, 5.74) is 0.148. The molecule has 0 saturated heterocycles. The summed E-state index contributed by atoms with van der Waals surface area (Å²) in [7, 11) is -1.36. The van der Waals surface area contributed by atoms with E-state index in [-0.39, 0.29) is 18.6 Å². The van der Waals surface area contributed by atoms with Crippen LogP contribution in [0.15, 0.2) is 24.3 Å². The second-order valence-electron chi connectivity index (χ2n) is 7.68. The molecule has 2 atom stereocenters. The number of aliphatic hydroxyl groups is 1. The topological polar surface area (TPSA) is 125 Å². The van der Waals surface area contributed by atoms with E-state index < -0.39 is 45.6 Å². The molecule has 0 aliphatic heterocycles. The molecule has 0 amide bonds. The summed E-state index contributed by atoms with van der Waals surface area (Å²) in [5.74, 6) is -1.91. The molecule has 1 aromatic carbocycles. The summed E-state index contributed by atoms with van der Waals surface area (Å²) < 4.78 is 42.1. The largest absolute Gasteiger partial charge is 0.460 e. The minimum atomic E-state index is -3.73. The number of carbonyl (C=O) groups is 2. The van der Waals surface area contributed by atoms with E-state index in [0.717, 1.165) is 12.7 Å². The first-order valence-corrected chi connectivity index (χ1v) is 10.9. The van der Waals surface area contributed by atoms with E-state index in [1.807, 2.05) is 0 Å². The van der Waals surface area contributed by atoms with Gasteiger partial charge in [0.2, 0.25) is 0 Å². The molecule has 30 heavy (non-hydrogen) atoms. The zero-order valence-corrected chi connectivity index (χ0v) is 18.7. The van der Waals surface area contributed by atoms with Gasteiger partial charge in [0.25, 0.3) is 10.1 Å². The number of rotatable bonds is 11. The Labute approximate surface area is 177 Å². The molecular formula is C20H30O9S. The van der Waals surface area contributed by atoms with Crippen molar-refractivity contribution in [3.05, 3.63) is 29.8 Å². The van der Waals surface area contributed by atoms with Crippen LogP contribution in [-0.4, -0.2) is 57.3 Å². The second-order valence-corrected chi connectivity index (χ2v) is 9.53. The SMILES string of the molecule is COC(O)C(CC(=O)OC(C)(C)C)Cc1ccc(OC(=O)CCS(=O)(=O)OC)cc1. The molecule has 0 saturated carbocycles. The third kappa shape index (κ3) is 10.1. The lowest BCUT2D eigenvalue weighted by molar-refractivity contribution is -0.163. The van der Waals surface area contributed by atoms with Crippen molar-refractivity contribution in [3.63, 3.8) is 0 Å². The lowest BCUT2D eigenvalue weighted by Crippen LogP contribution is -2.31. The maximum absolute atomic E-state index is 12.1. The first-order valence-electron chi connectivity index (χ1n) is 9.36. The number of ether oxygens (including phenoxy) is 3. The standard InChI is InChI=1S/C20H30O9S/c1-20(2,3)29-18(22)13-15(19(23)26-4)12-14-6-8-16(9-7-14)28-17(21)10-11-30(24,25)27-5/h6-9,15,19,23H,10-13H2,1-5H3. The minimum Gasteiger partial charge on any atom is -0.460 e. The fraction of sp³-hybridized carbons (Fsp3) is 0.600. The molecule has 0 radical (unpaired) electrons. The molecule has 0 aliphatic rings. The van der Waals surface area contributed by atoms with E-state index in [1.165, 1.54) is 7.11 Å². The summed E-state index contributed by atoms with van der Waals surface area (Å²) in [6.45, 7) is 5.28. The number of hydrogen-bond donors (Lipinski definition) is 1. The maximum Gasteiger partial charge on any atom is 0.312 e. The zero-order chi connectivity index (χ0) is 22.9. The first-order chi connectivity index (χ1) is 13.8. The summed E-state index contributed by atoms with van der Waals surface area (Å²) >= 11 is 0. The molecular weight excluding hydrogens is 416 g/mol. The molecule has 1 N–H and O–H groups in total. The Morgan fingerprint density at radius 2 is 1.67 bits per heavy atom. The Balaban J connectivity index is 2.70. The fourth-order valence-corrected chi connectivity index (χ4v) is 3.12. The van der Waals surface area contributed by atoms with Crippen molar-refractivity contribution >= 4 is 22.1 Å². The third-order valence-corrected chi connectivity index (χ3v) is 5.17. The number of benzene rings is 1. The van der Waals surface area contributed by atoms with Gasteiger partial charge in [0, 0.05) is 13.0 Å². The minimum absolute atomic E-state index is 0.0308. The van der Waals surface area contributed by atoms with E-state index in [2.05, 4.69) is 4.18 Å². The van der Waals surface area contributed by atoms with Gasteiger partial charge in [-0.25, -0.2) is 0 Å². The number of methoxy groups -OCH3 is 1. The van der Waals surface area contributed by atoms with Crippen molar-refractivity contribution in [1.82, 2.24) is 0 Å². The van der Waals surface area contributed by atoms with Crippen LogP contribution >= 0.6 is 0 Å². The Morgan fingerprint density at radius 3 is 2.17 bits per heavy atom. The predicted octanol–water partition coefficient (Wildman–Crippen LogP) is 1.81. The van der Waals surface area contributed by atoms with Crippen molar-refractivity contribution in [2.75, 3.05) is 20.0 Å². The lowest BCUT2D eigenvalue weighted by atomic mass is 9.95. The van der Waals surface area contributed by atoms with Gasteiger partial charge in [-0.05, 0) is 44.9 Å². The van der Waals surface area contributed by atoms with Gasteiger partial charge in [-0.2, -0.15) is 8.42 Å². The van der Waals surface area contributed by atoms with Crippen LogP contribution in [0.1, 0.15) is 39.2 Å². The molecule has 10 heteroatoms. The van der Waals surface area contributed by atoms with Gasteiger partial charge in [0.05, 0.1) is 25.7 Å². The van der Waals surface area contributed by atoms with E-state index in [0.29, 0.717) is 6.42 Å². The molecule has 0 aromatic heterocycles. The molecule has 0 heterocycles. The normalized spacial score (nSPS) is 14.1. The second kappa shape index (κ2) is 11.4. The highest BCUT2D eigenvalue weighted by Gasteiger charge is 2.26. The van der Waals surface area contributed by atoms with Gasteiger partial charge < -0.3 is 19.3 Å². The van der Waals surface area contributed by atoms with Crippen molar-refractivity contribution in [2.45, 2.75) is 51.9 Å². The molecule has 2 unspecified atom stereocenters. The van der Waals surface area contributed by atoms with Gasteiger partial charge in [-0.15, -0.1) is 0 Å². The Kier molecular flexibility index (Phi) is 9.89. The smallest absolute Gasteiger partial charge is 0.312 e. The van der Waals surface area contributed by atoms with Gasteiger partial charge in [0.1, 0.15) is 11.4 Å². The quantitative estimate of drug-likeness (QED) is 0.234. The molecule has 0 spiro atoms. The number of hydrogen-bond acceptors (Lipinski definition) is 9. The average Bonchev–Trinajstić information content (AvgIpc) is 2.65. The molecule has 9 nitrogen and oxygen atoms in total. The van der Waals surface area contributed by atoms with E-state index in [1.54, 1.807) is 45.0 Å². The number of carbonyl (C=O) groups excluding carboxylic acids is 2. The Bertz CT molecular complexity index is 795. The van der Waals surface area contributed by atoms with Crippen LogP contribution in [0.2, 0.25) is 0 Å². The van der Waals surface area contributed by atoms with E-state index >= 15 is 0 Å². The average molecular weight is 447 g/mol. The van der Waals surface area contributed by atoms with Crippen LogP contribution in [0.25, 0.3) is 0 Å². The first kappa shape index (κ1) is 26.0. The summed E-state index contributed by atoms with van der Waals surface area (Å²) in [6.07, 6.45) is -1.20. The molecule has 0 aliphatic carbocycles. The fourth-order valence-electron chi connectivity index (χ4n) is 2.53. The molecule has 1 rings (SSSR count). The molecule has 0 bridgehead atoms. The highest BCUT2D eigenvalue weighted by atomic mass is 32.2. The molecule has 170 valence electrons. The number of esters is 2. The highest BCUT2D eigenvalue weighted by Crippen LogP contribution is 2.22. The monoisotopic (exact) mass is 446 g/mol. The van der Waals surface area contributed by atoms with Gasteiger partial charge in [0.15, 0.2) is 6.29 Å². The van der Waals surface area contributed by atoms with Gasteiger partial charge in [-0.3, -0.25) is 13.8 Å². The van der Waals surface area contributed by atoms with Crippen molar-refractivity contribution in [2.24, 2.45) is 5.92 Å². The van der Waals surface area contributed by atoms with Crippen molar-refractivity contribution in [1.29, 1.82) is 0 Å². The van der Waals surface area contributed by atoms with Crippen LogP contribution in [-0.2, 0) is 39.8 Å². The summed E-state index contributed by atoms with van der Waals surface area (Å²) in [6, 6.07) is 6.45. The summed E-state index contributed by atoms with van der Waals surface area (Å²) in [5, 5.41) is 10.1. The van der Waals surface area contributed by atoms with Gasteiger partial charge >= 0.3 is 11.9 Å². The van der Waals surface area contributed by atoms with Crippen LogP contribution in [0.5, 0.6) is 5.75 Å². The lowest BCUT2D eigenvalue weighted by Gasteiger charge is -2.24. The van der Waals surface area contributed by atoms with Crippen molar-refractivity contribution < 1.29 is 41.5 Å². The van der Waals surface area contributed by atoms with Crippen LogP contribution in [0.3, 0.4) is 0 Å². The maximum atomic E-state index is 12.1. The highest BCUT2D eigenvalue weighted by molar-refractivity contribution is 7.86. The number of aliphatic hydroxyl groups excluding tert-OH is 1. The summed E-state index contributed by atoms with van der Waals surface area (Å²) in [4.78, 5) is 23.9. The zero-order valence-electron chi connectivity index (χ0n) is 17.9. The Hall–Kier alpha value is -2.01. The predicted molar refractivity (Wildman–Crippen MR) is 108 cm³/mol. The molecule has 0 fully saturated rings. The van der Waals surface area contributed by atoms with E-state index in [9.17, 15) is 23.1 Å². The Morgan fingerprint density at radius 1 is 1.07 bits per heavy atom. The van der Waals surface area contributed by atoms with Crippen LogP contribution in [0.4, 0.5) is 0 Å². The van der Waals surface area contributed by atoms with Crippen LogP contribution < -0.4 is 4.74 Å². The third-order valence-electron chi connectivity index (χ3n) is 3.96.